The van der Waals surface area contributed by atoms with Crippen molar-refractivity contribution in [3.8, 4) is 10.6 Å². The van der Waals surface area contributed by atoms with E-state index in [9.17, 15) is 9.59 Å². The quantitative estimate of drug-likeness (QED) is 0.622. The van der Waals surface area contributed by atoms with Crippen LogP contribution in [0.1, 0.15) is 26.7 Å². The first-order valence-electron chi connectivity index (χ1n) is 8.94. The maximum atomic E-state index is 12.5. The predicted octanol–water partition coefficient (Wildman–Crippen LogP) is 4.59. The standard InChI is InChI=1S/C20H19N3O2S3/c1-12-22-16(11-27-12)18-5-3-14(28-18)6-8-21-20(25)13-2-4-17-15(10-13)23-19(24)7-9-26-17/h2-5,10-11H,6-9H2,1H3,(H,21,25)(H,23,24). The molecule has 5 nitrogen and oxygen atoms in total. The van der Waals surface area contributed by atoms with Crippen molar-refractivity contribution in [2.24, 2.45) is 0 Å². The van der Waals surface area contributed by atoms with Gasteiger partial charge >= 0.3 is 0 Å². The van der Waals surface area contributed by atoms with Crippen LogP contribution in [0.15, 0.2) is 40.6 Å². The van der Waals surface area contributed by atoms with Gasteiger partial charge in [0.1, 0.15) is 0 Å². The van der Waals surface area contributed by atoms with Crippen LogP contribution < -0.4 is 10.6 Å². The number of benzene rings is 1. The Morgan fingerprint density at radius 2 is 2.18 bits per heavy atom. The summed E-state index contributed by atoms with van der Waals surface area (Å²) in [7, 11) is 0. The molecule has 28 heavy (non-hydrogen) atoms. The van der Waals surface area contributed by atoms with Gasteiger partial charge in [0, 0.05) is 39.4 Å². The lowest BCUT2D eigenvalue weighted by atomic mass is 10.2. The fraction of sp³-hybridized carbons (Fsp3) is 0.250. The van der Waals surface area contributed by atoms with Gasteiger partial charge in [-0.3, -0.25) is 9.59 Å². The second kappa shape index (κ2) is 8.46. The number of thioether (sulfide) groups is 1. The number of nitrogens with one attached hydrogen (secondary N) is 2. The van der Waals surface area contributed by atoms with Crippen LogP contribution >= 0.6 is 34.4 Å². The maximum Gasteiger partial charge on any atom is 0.251 e. The normalized spacial score (nSPS) is 13.5. The molecule has 0 unspecified atom stereocenters. The molecule has 0 aliphatic carbocycles. The predicted molar refractivity (Wildman–Crippen MR) is 117 cm³/mol. The fourth-order valence-electron chi connectivity index (χ4n) is 2.89. The number of anilines is 1. The van der Waals surface area contributed by atoms with Crippen molar-refractivity contribution in [2.75, 3.05) is 17.6 Å². The molecule has 2 amide bonds. The zero-order valence-corrected chi connectivity index (χ0v) is 17.7. The van der Waals surface area contributed by atoms with Gasteiger partial charge in [-0.2, -0.15) is 0 Å². The Kier molecular flexibility index (Phi) is 5.79. The molecule has 3 aromatic rings. The summed E-state index contributed by atoms with van der Waals surface area (Å²) in [6, 6.07) is 9.65. The number of nitrogens with zero attached hydrogens (tertiary/aromatic N) is 1. The van der Waals surface area contributed by atoms with Crippen LogP contribution in [0.4, 0.5) is 5.69 Å². The van der Waals surface area contributed by atoms with E-state index < -0.39 is 0 Å². The summed E-state index contributed by atoms with van der Waals surface area (Å²) < 4.78 is 0. The van der Waals surface area contributed by atoms with E-state index in [4.69, 9.17) is 0 Å². The second-order valence-electron chi connectivity index (χ2n) is 6.38. The molecule has 1 aliphatic heterocycles. The molecule has 4 rings (SSSR count). The van der Waals surface area contributed by atoms with E-state index in [0.717, 1.165) is 38.3 Å². The zero-order valence-electron chi connectivity index (χ0n) is 15.3. The van der Waals surface area contributed by atoms with Crippen LogP contribution in [0.2, 0.25) is 0 Å². The van der Waals surface area contributed by atoms with Crippen molar-refractivity contribution < 1.29 is 9.59 Å². The van der Waals surface area contributed by atoms with Crippen LogP contribution in [-0.4, -0.2) is 29.1 Å². The molecule has 0 bridgehead atoms. The number of fused-ring (bicyclic) bond motifs is 1. The lowest BCUT2D eigenvalue weighted by molar-refractivity contribution is -0.115. The second-order valence-corrected chi connectivity index (χ2v) is 9.75. The Morgan fingerprint density at radius 3 is 3.00 bits per heavy atom. The highest BCUT2D eigenvalue weighted by atomic mass is 32.2. The first kappa shape index (κ1) is 19.2. The van der Waals surface area contributed by atoms with E-state index in [-0.39, 0.29) is 11.8 Å². The molecule has 144 valence electrons. The van der Waals surface area contributed by atoms with Crippen molar-refractivity contribution in [1.82, 2.24) is 10.3 Å². The summed E-state index contributed by atoms with van der Waals surface area (Å²) in [5.41, 5.74) is 2.31. The highest BCUT2D eigenvalue weighted by Gasteiger charge is 2.15. The van der Waals surface area contributed by atoms with Gasteiger partial charge in [-0.25, -0.2) is 4.98 Å². The van der Waals surface area contributed by atoms with Crippen molar-refractivity contribution in [1.29, 1.82) is 0 Å². The van der Waals surface area contributed by atoms with Crippen LogP contribution in [0.3, 0.4) is 0 Å². The molecule has 8 heteroatoms. The largest absolute Gasteiger partial charge is 0.352 e. The first-order chi connectivity index (χ1) is 13.6. The van der Waals surface area contributed by atoms with Crippen LogP contribution in [0, 0.1) is 6.92 Å². The van der Waals surface area contributed by atoms with Crippen LogP contribution in [-0.2, 0) is 11.2 Å². The third-order valence-electron chi connectivity index (χ3n) is 4.29. The Bertz CT molecular complexity index is 1030. The average molecular weight is 430 g/mol. The molecule has 3 heterocycles. The summed E-state index contributed by atoms with van der Waals surface area (Å²) >= 11 is 4.99. The van der Waals surface area contributed by atoms with E-state index in [1.165, 1.54) is 4.88 Å². The number of carbonyl (C=O) groups is 2. The summed E-state index contributed by atoms with van der Waals surface area (Å²) in [6.45, 7) is 2.57. The van der Waals surface area contributed by atoms with Crippen molar-refractivity contribution in [2.45, 2.75) is 24.7 Å². The number of hydrogen-bond acceptors (Lipinski definition) is 6. The van der Waals surface area contributed by atoms with E-state index in [1.54, 1.807) is 40.5 Å². The Balaban J connectivity index is 1.35. The smallest absolute Gasteiger partial charge is 0.251 e. The molecular formula is C20H19N3O2S3. The average Bonchev–Trinajstić information content (AvgIpc) is 3.27. The van der Waals surface area contributed by atoms with Crippen LogP contribution in [0.5, 0.6) is 0 Å². The zero-order chi connectivity index (χ0) is 19.5. The monoisotopic (exact) mass is 429 g/mol. The van der Waals surface area contributed by atoms with Gasteiger partial charge in [-0.05, 0) is 43.7 Å². The summed E-state index contributed by atoms with van der Waals surface area (Å²) in [5.74, 6) is 0.624. The minimum Gasteiger partial charge on any atom is -0.352 e. The minimum atomic E-state index is -0.127. The molecule has 2 N–H and O–H groups in total. The summed E-state index contributed by atoms with van der Waals surface area (Å²) in [6.07, 6.45) is 1.27. The van der Waals surface area contributed by atoms with E-state index in [2.05, 4.69) is 33.1 Å². The minimum absolute atomic E-state index is 0.00684. The summed E-state index contributed by atoms with van der Waals surface area (Å²) in [4.78, 5) is 32.1. The molecule has 1 aromatic carbocycles. The number of hydrogen-bond donors (Lipinski definition) is 2. The van der Waals surface area contributed by atoms with Crippen molar-refractivity contribution >= 4 is 51.9 Å². The Morgan fingerprint density at radius 1 is 1.29 bits per heavy atom. The van der Waals surface area contributed by atoms with Gasteiger partial charge in [0.2, 0.25) is 5.91 Å². The number of aryl methyl sites for hydroxylation is 1. The molecule has 0 atom stereocenters. The van der Waals surface area contributed by atoms with Crippen molar-refractivity contribution in [3.05, 3.63) is 51.2 Å². The molecule has 0 saturated carbocycles. The fourth-order valence-corrected chi connectivity index (χ4v) is 5.48. The molecule has 2 aromatic heterocycles. The number of carbonyl (C=O) groups excluding carboxylic acids is 2. The van der Waals surface area contributed by atoms with Crippen molar-refractivity contribution in [3.63, 3.8) is 0 Å². The third kappa shape index (κ3) is 4.45. The SMILES string of the molecule is Cc1nc(-c2ccc(CCNC(=O)c3ccc4c(c3)NC(=O)CCS4)s2)cs1. The number of amides is 2. The topological polar surface area (TPSA) is 71.1 Å². The summed E-state index contributed by atoms with van der Waals surface area (Å²) in [5, 5.41) is 8.98. The highest BCUT2D eigenvalue weighted by molar-refractivity contribution is 7.99. The Hall–Kier alpha value is -2.16. The molecule has 0 spiro atoms. The molecule has 0 fully saturated rings. The number of rotatable bonds is 5. The number of thiophene rings is 1. The number of thiazole rings is 1. The van der Waals surface area contributed by atoms with E-state index >= 15 is 0 Å². The maximum absolute atomic E-state index is 12.5. The lowest BCUT2D eigenvalue weighted by Gasteiger charge is -2.09. The molecule has 0 radical (unpaired) electrons. The molecule has 1 aliphatic rings. The van der Waals surface area contributed by atoms with Gasteiger partial charge in [0.25, 0.3) is 5.91 Å². The van der Waals surface area contributed by atoms with E-state index in [1.807, 2.05) is 19.1 Å². The van der Waals surface area contributed by atoms with E-state index in [0.29, 0.717) is 18.5 Å². The highest BCUT2D eigenvalue weighted by Crippen LogP contribution is 2.32. The van der Waals surface area contributed by atoms with Gasteiger partial charge in [-0.15, -0.1) is 34.4 Å². The van der Waals surface area contributed by atoms with Gasteiger partial charge in [0.05, 0.1) is 21.3 Å². The number of aromatic nitrogens is 1. The van der Waals surface area contributed by atoms with Gasteiger partial charge in [0.15, 0.2) is 0 Å². The van der Waals surface area contributed by atoms with Crippen LogP contribution in [0.25, 0.3) is 10.6 Å². The third-order valence-corrected chi connectivity index (χ3v) is 7.31. The lowest BCUT2D eigenvalue weighted by Crippen LogP contribution is -2.25. The molecular weight excluding hydrogens is 410 g/mol. The van der Waals surface area contributed by atoms with Gasteiger partial charge < -0.3 is 10.6 Å². The first-order valence-corrected chi connectivity index (χ1v) is 11.6. The Labute approximate surface area is 175 Å². The van der Waals surface area contributed by atoms with Gasteiger partial charge in [-0.1, -0.05) is 0 Å². The molecule has 0 saturated heterocycles.